The van der Waals surface area contributed by atoms with Gasteiger partial charge in [0.25, 0.3) is 0 Å². The molecular formula is C16H24N4. The van der Waals surface area contributed by atoms with Crippen molar-refractivity contribution in [3.05, 3.63) is 48.0 Å². The van der Waals surface area contributed by atoms with Gasteiger partial charge in [-0.05, 0) is 12.0 Å². The molecule has 0 saturated carbocycles. The first kappa shape index (κ1) is 14.7. The van der Waals surface area contributed by atoms with E-state index in [2.05, 4.69) is 52.7 Å². The number of aryl methyl sites for hydroxylation is 1. The van der Waals surface area contributed by atoms with Gasteiger partial charge < -0.3 is 5.32 Å². The number of hydrogen-bond acceptors (Lipinski definition) is 3. The summed E-state index contributed by atoms with van der Waals surface area (Å²) >= 11 is 0. The van der Waals surface area contributed by atoms with Crippen LogP contribution in [0.5, 0.6) is 0 Å². The van der Waals surface area contributed by atoms with Gasteiger partial charge in [-0.25, -0.2) is 4.98 Å². The highest BCUT2D eigenvalue weighted by molar-refractivity contribution is 5.18. The maximum Gasteiger partial charge on any atom is 0.151 e. The fraction of sp³-hybridized carbons (Fsp3) is 0.500. The normalized spacial score (nSPS) is 12.5. The Morgan fingerprint density at radius 2 is 2.05 bits per heavy atom. The number of aromatic nitrogens is 3. The molecular weight excluding hydrogens is 248 g/mol. The third-order valence-corrected chi connectivity index (χ3v) is 3.43. The summed E-state index contributed by atoms with van der Waals surface area (Å²) in [6.45, 7) is 3.15. The van der Waals surface area contributed by atoms with E-state index in [1.165, 1.54) is 24.8 Å². The van der Waals surface area contributed by atoms with E-state index in [-0.39, 0.29) is 0 Å². The lowest BCUT2D eigenvalue weighted by Gasteiger charge is -2.18. The van der Waals surface area contributed by atoms with Crippen molar-refractivity contribution in [3.63, 3.8) is 0 Å². The van der Waals surface area contributed by atoms with Crippen molar-refractivity contribution in [2.75, 3.05) is 6.54 Å². The molecule has 0 fully saturated rings. The molecule has 1 heterocycles. The lowest BCUT2D eigenvalue weighted by Crippen LogP contribution is -2.24. The van der Waals surface area contributed by atoms with Crippen molar-refractivity contribution < 1.29 is 0 Å². The Bertz CT molecular complexity index is 492. The average Bonchev–Trinajstić information content (AvgIpc) is 2.89. The van der Waals surface area contributed by atoms with Crippen LogP contribution in [0.2, 0.25) is 0 Å². The van der Waals surface area contributed by atoms with Crippen molar-refractivity contribution in [1.29, 1.82) is 0 Å². The largest absolute Gasteiger partial charge is 0.309 e. The molecule has 2 aromatic rings. The highest BCUT2D eigenvalue weighted by Gasteiger charge is 2.10. The van der Waals surface area contributed by atoms with Gasteiger partial charge in [0.15, 0.2) is 5.82 Å². The predicted molar refractivity (Wildman–Crippen MR) is 81.4 cm³/mol. The van der Waals surface area contributed by atoms with E-state index in [0.29, 0.717) is 6.04 Å². The summed E-state index contributed by atoms with van der Waals surface area (Å²) in [5, 5.41) is 7.95. The monoisotopic (exact) mass is 272 g/mol. The van der Waals surface area contributed by atoms with Gasteiger partial charge in [0.1, 0.15) is 6.33 Å². The highest BCUT2D eigenvalue weighted by Crippen LogP contribution is 2.18. The summed E-state index contributed by atoms with van der Waals surface area (Å²) in [6.07, 6.45) is 6.27. The van der Waals surface area contributed by atoms with Crippen LogP contribution in [0.25, 0.3) is 0 Å². The smallest absolute Gasteiger partial charge is 0.151 e. The molecule has 2 rings (SSSR count). The topological polar surface area (TPSA) is 42.7 Å². The Morgan fingerprint density at radius 1 is 1.25 bits per heavy atom. The fourth-order valence-corrected chi connectivity index (χ4v) is 2.34. The second kappa shape index (κ2) is 7.80. The van der Waals surface area contributed by atoms with Crippen molar-refractivity contribution in [1.82, 2.24) is 20.1 Å². The Kier molecular flexibility index (Phi) is 5.74. The molecule has 0 aliphatic rings. The van der Waals surface area contributed by atoms with Gasteiger partial charge >= 0.3 is 0 Å². The summed E-state index contributed by atoms with van der Waals surface area (Å²) in [6, 6.07) is 11.1. The predicted octanol–water partition coefficient (Wildman–Crippen LogP) is 2.88. The molecule has 0 aliphatic carbocycles. The van der Waals surface area contributed by atoms with Gasteiger partial charge in [-0.15, -0.1) is 0 Å². The van der Waals surface area contributed by atoms with Crippen LogP contribution in [0.3, 0.4) is 0 Å². The van der Waals surface area contributed by atoms with Gasteiger partial charge in [0, 0.05) is 26.1 Å². The molecule has 1 aromatic carbocycles. The second-order valence-corrected chi connectivity index (χ2v) is 5.14. The first-order valence-electron chi connectivity index (χ1n) is 7.42. The third kappa shape index (κ3) is 4.46. The molecule has 1 atom stereocenters. The van der Waals surface area contributed by atoms with E-state index in [0.717, 1.165) is 18.8 Å². The van der Waals surface area contributed by atoms with E-state index in [9.17, 15) is 0 Å². The van der Waals surface area contributed by atoms with Crippen LogP contribution in [-0.2, 0) is 13.5 Å². The van der Waals surface area contributed by atoms with Crippen molar-refractivity contribution in [3.8, 4) is 0 Å². The SMILES string of the molecule is CCCCC(NCCc1ncn(C)n1)c1ccccc1. The number of nitrogens with zero attached hydrogens (tertiary/aromatic N) is 3. The van der Waals surface area contributed by atoms with Crippen LogP contribution in [0.1, 0.15) is 43.6 Å². The van der Waals surface area contributed by atoms with Gasteiger partial charge in [0.05, 0.1) is 0 Å². The molecule has 108 valence electrons. The van der Waals surface area contributed by atoms with Crippen molar-refractivity contribution in [2.45, 2.75) is 38.6 Å². The molecule has 4 heteroatoms. The summed E-state index contributed by atoms with van der Waals surface area (Å²) < 4.78 is 1.75. The average molecular weight is 272 g/mol. The standard InChI is InChI=1S/C16H24N4/c1-3-4-10-15(14-8-6-5-7-9-14)17-12-11-16-18-13-20(2)19-16/h5-9,13,15,17H,3-4,10-12H2,1-2H3. The summed E-state index contributed by atoms with van der Waals surface area (Å²) in [5.41, 5.74) is 1.37. The minimum atomic E-state index is 0.430. The first-order valence-corrected chi connectivity index (χ1v) is 7.42. The molecule has 4 nitrogen and oxygen atoms in total. The van der Waals surface area contributed by atoms with Crippen LogP contribution in [0.15, 0.2) is 36.7 Å². The van der Waals surface area contributed by atoms with Gasteiger partial charge in [-0.3, -0.25) is 4.68 Å². The maximum absolute atomic E-state index is 4.31. The van der Waals surface area contributed by atoms with Crippen LogP contribution in [0.4, 0.5) is 0 Å². The molecule has 0 radical (unpaired) electrons. The number of unbranched alkanes of at least 4 members (excludes halogenated alkanes) is 1. The van der Waals surface area contributed by atoms with Crippen LogP contribution >= 0.6 is 0 Å². The summed E-state index contributed by atoms with van der Waals surface area (Å²) in [7, 11) is 1.90. The number of benzene rings is 1. The Balaban J connectivity index is 1.87. The zero-order chi connectivity index (χ0) is 14.2. The molecule has 20 heavy (non-hydrogen) atoms. The first-order chi connectivity index (χ1) is 9.79. The quantitative estimate of drug-likeness (QED) is 0.803. The summed E-state index contributed by atoms with van der Waals surface area (Å²) in [4.78, 5) is 4.26. The van der Waals surface area contributed by atoms with Gasteiger partial charge in [-0.1, -0.05) is 50.1 Å². The Morgan fingerprint density at radius 3 is 2.70 bits per heavy atom. The molecule has 1 unspecified atom stereocenters. The van der Waals surface area contributed by atoms with E-state index >= 15 is 0 Å². The van der Waals surface area contributed by atoms with Crippen LogP contribution in [-0.4, -0.2) is 21.3 Å². The van der Waals surface area contributed by atoms with Crippen molar-refractivity contribution >= 4 is 0 Å². The lowest BCUT2D eigenvalue weighted by molar-refractivity contribution is 0.481. The molecule has 1 aromatic heterocycles. The lowest BCUT2D eigenvalue weighted by atomic mass is 10.0. The van der Waals surface area contributed by atoms with E-state index in [1.807, 2.05) is 7.05 Å². The second-order valence-electron chi connectivity index (χ2n) is 5.14. The van der Waals surface area contributed by atoms with Crippen LogP contribution in [0, 0.1) is 0 Å². The zero-order valence-electron chi connectivity index (χ0n) is 12.4. The number of rotatable bonds is 8. The molecule has 1 N–H and O–H groups in total. The molecule has 0 saturated heterocycles. The van der Waals surface area contributed by atoms with E-state index in [1.54, 1.807) is 11.0 Å². The zero-order valence-corrected chi connectivity index (χ0v) is 12.4. The minimum Gasteiger partial charge on any atom is -0.309 e. The number of nitrogens with one attached hydrogen (secondary N) is 1. The van der Waals surface area contributed by atoms with E-state index < -0.39 is 0 Å². The van der Waals surface area contributed by atoms with Crippen LogP contribution < -0.4 is 5.32 Å². The maximum atomic E-state index is 4.31. The molecule has 0 spiro atoms. The van der Waals surface area contributed by atoms with E-state index in [4.69, 9.17) is 0 Å². The van der Waals surface area contributed by atoms with Gasteiger partial charge in [0.2, 0.25) is 0 Å². The Hall–Kier alpha value is -1.68. The fourth-order valence-electron chi connectivity index (χ4n) is 2.34. The minimum absolute atomic E-state index is 0.430. The highest BCUT2D eigenvalue weighted by atomic mass is 15.3. The summed E-state index contributed by atoms with van der Waals surface area (Å²) in [5.74, 6) is 0.905. The van der Waals surface area contributed by atoms with Crippen molar-refractivity contribution in [2.24, 2.45) is 7.05 Å². The number of hydrogen-bond donors (Lipinski definition) is 1. The third-order valence-electron chi connectivity index (χ3n) is 3.43. The molecule has 0 aliphatic heterocycles. The Labute approximate surface area is 121 Å². The van der Waals surface area contributed by atoms with Gasteiger partial charge in [-0.2, -0.15) is 5.10 Å². The molecule has 0 bridgehead atoms. The molecule has 0 amide bonds.